The van der Waals surface area contributed by atoms with Crippen molar-refractivity contribution >= 4 is 52.6 Å². The van der Waals surface area contributed by atoms with Crippen LogP contribution in [0.15, 0.2) is 18.2 Å². The van der Waals surface area contributed by atoms with E-state index in [1.54, 1.807) is 6.07 Å². The fraction of sp³-hybridized carbons (Fsp3) is 0.412. The molecule has 7 nitrogen and oxygen atoms in total. The highest BCUT2D eigenvalue weighted by Crippen LogP contribution is 2.32. The number of hydrogen-bond donors (Lipinski definition) is 1. The van der Waals surface area contributed by atoms with Gasteiger partial charge in [-0.3, -0.25) is 0 Å². The molecule has 1 fully saturated rings. The summed E-state index contributed by atoms with van der Waals surface area (Å²) in [5, 5.41) is 10.7. The lowest BCUT2D eigenvalue weighted by Gasteiger charge is -2.33. The van der Waals surface area contributed by atoms with Crippen LogP contribution in [0.3, 0.4) is 0 Å². The summed E-state index contributed by atoms with van der Waals surface area (Å²) in [7, 11) is 0. The molecule has 0 spiro atoms. The van der Waals surface area contributed by atoms with Gasteiger partial charge in [0.25, 0.3) is 0 Å². The molecule has 1 aliphatic heterocycles. The number of rotatable bonds is 5. The maximum Gasteiger partial charge on any atom is 0.491 e. The normalized spacial score (nSPS) is 15.3. The van der Waals surface area contributed by atoms with E-state index in [0.717, 1.165) is 31.6 Å². The molecule has 1 aliphatic rings. The van der Waals surface area contributed by atoms with Crippen LogP contribution < -0.4 is 4.90 Å². The van der Waals surface area contributed by atoms with Crippen LogP contribution >= 0.6 is 35.0 Å². The number of anilines is 1. The molecular weight excluding hydrogens is 468 g/mol. The molecule has 1 aromatic carbocycles. The number of esters is 2. The molecule has 0 atom stereocenters. The molecule has 2 aromatic rings. The number of aromatic nitrogens is 3. The summed E-state index contributed by atoms with van der Waals surface area (Å²) in [5.74, 6) is -3.85. The smallest absolute Gasteiger partial charge is 0.381 e. The summed E-state index contributed by atoms with van der Waals surface area (Å²) in [6, 6.07) is 5.46. The number of H-pyrrole nitrogens is 1. The van der Waals surface area contributed by atoms with Gasteiger partial charge in [-0.05, 0) is 31.0 Å². The second-order valence-electron chi connectivity index (χ2n) is 6.39. The first-order valence-electron chi connectivity index (χ1n) is 8.69. The number of ether oxygens (including phenoxy) is 1. The maximum atomic E-state index is 12.2. The third-order valence-corrected chi connectivity index (χ3v) is 6.52. The van der Waals surface area contributed by atoms with E-state index in [-0.39, 0.29) is 16.7 Å². The Hall–Kier alpha value is -1.98. The average Bonchev–Trinajstić information content (AvgIpc) is 3.17. The van der Waals surface area contributed by atoms with E-state index in [1.165, 1.54) is 11.8 Å². The number of thioether (sulfide) groups is 1. The van der Waals surface area contributed by atoms with Crippen molar-refractivity contribution < 1.29 is 27.5 Å². The summed E-state index contributed by atoms with van der Waals surface area (Å²) in [4.78, 5) is 24.8. The lowest BCUT2D eigenvalue weighted by Crippen LogP contribution is -2.34. The highest BCUT2D eigenvalue weighted by molar-refractivity contribution is 7.99. The Labute approximate surface area is 183 Å². The molecule has 1 saturated heterocycles. The molecule has 1 aromatic heterocycles. The van der Waals surface area contributed by atoms with Gasteiger partial charge in [0.1, 0.15) is 5.69 Å². The highest BCUT2D eigenvalue weighted by atomic mass is 35.5. The summed E-state index contributed by atoms with van der Waals surface area (Å²) in [6.07, 6.45) is -3.58. The van der Waals surface area contributed by atoms with Gasteiger partial charge >= 0.3 is 18.1 Å². The SMILES string of the molecule is O=C(OC(=O)C(F)(F)F)c1n[nH]nc1CSC1CCN(c2ccc(Cl)c(Cl)c2)CC1. The lowest BCUT2D eigenvalue weighted by molar-refractivity contribution is -0.193. The standard InChI is InChI=1S/C17H15Cl2F3N4O3S/c18-11-2-1-9(7-12(11)19)26-5-3-10(4-6-26)30-8-13-14(24-25-23-13)15(27)29-16(28)17(20,21)22/h1-2,7,10H,3-6,8H2,(H,23,24,25). The van der Waals surface area contributed by atoms with E-state index in [9.17, 15) is 22.8 Å². The maximum absolute atomic E-state index is 12.2. The van der Waals surface area contributed by atoms with Crippen molar-refractivity contribution in [2.45, 2.75) is 30.0 Å². The molecule has 0 aliphatic carbocycles. The topological polar surface area (TPSA) is 88.2 Å². The van der Waals surface area contributed by atoms with Crippen LogP contribution in [0.4, 0.5) is 18.9 Å². The third-order valence-electron chi connectivity index (χ3n) is 4.40. The van der Waals surface area contributed by atoms with Crippen molar-refractivity contribution in [1.29, 1.82) is 0 Å². The lowest BCUT2D eigenvalue weighted by atomic mass is 10.1. The second-order valence-corrected chi connectivity index (χ2v) is 8.49. The molecule has 3 rings (SSSR count). The number of hydrogen-bond acceptors (Lipinski definition) is 7. The van der Waals surface area contributed by atoms with Crippen LogP contribution in [0, 0.1) is 0 Å². The van der Waals surface area contributed by atoms with Gasteiger partial charge in [-0.25, -0.2) is 9.59 Å². The van der Waals surface area contributed by atoms with Crippen LogP contribution in [-0.2, 0) is 15.3 Å². The molecule has 0 radical (unpaired) electrons. The van der Waals surface area contributed by atoms with Crippen LogP contribution in [0.1, 0.15) is 29.0 Å². The van der Waals surface area contributed by atoms with E-state index in [4.69, 9.17) is 23.2 Å². The van der Waals surface area contributed by atoms with Crippen molar-refractivity contribution in [3.05, 3.63) is 39.6 Å². The van der Waals surface area contributed by atoms with Gasteiger partial charge in [-0.2, -0.15) is 35.2 Å². The first kappa shape index (κ1) is 22.7. The minimum atomic E-state index is -5.27. The molecule has 0 saturated carbocycles. The predicted molar refractivity (Wildman–Crippen MR) is 106 cm³/mol. The highest BCUT2D eigenvalue weighted by Gasteiger charge is 2.43. The van der Waals surface area contributed by atoms with Crippen LogP contribution in [0.5, 0.6) is 0 Å². The summed E-state index contributed by atoms with van der Waals surface area (Å²) < 4.78 is 40.5. The summed E-state index contributed by atoms with van der Waals surface area (Å²) >= 11 is 13.5. The van der Waals surface area contributed by atoms with E-state index < -0.39 is 23.8 Å². The number of piperidine rings is 1. The fourth-order valence-corrected chi connectivity index (χ4v) is 4.30. The number of nitrogens with one attached hydrogen (secondary N) is 1. The molecule has 0 unspecified atom stereocenters. The number of alkyl halides is 3. The number of benzene rings is 1. The Balaban J connectivity index is 1.52. The molecule has 0 bridgehead atoms. The second kappa shape index (κ2) is 9.44. The van der Waals surface area contributed by atoms with Crippen molar-refractivity contribution in [2.24, 2.45) is 0 Å². The summed E-state index contributed by atoms with van der Waals surface area (Å²) in [6.45, 7) is 1.56. The Morgan fingerprint density at radius 3 is 2.53 bits per heavy atom. The van der Waals surface area contributed by atoms with E-state index in [0.29, 0.717) is 10.0 Å². The average molecular weight is 483 g/mol. The number of halogens is 5. The predicted octanol–water partition coefficient (Wildman–Crippen LogP) is 4.26. The first-order chi connectivity index (χ1) is 14.1. The Bertz CT molecular complexity index is 933. The quantitative estimate of drug-likeness (QED) is 0.502. The van der Waals surface area contributed by atoms with Crippen LogP contribution in [0.25, 0.3) is 0 Å². The van der Waals surface area contributed by atoms with Crippen LogP contribution in [0.2, 0.25) is 10.0 Å². The summed E-state index contributed by atoms with van der Waals surface area (Å²) in [5.41, 5.74) is 0.670. The molecule has 0 amide bonds. The fourth-order valence-electron chi connectivity index (χ4n) is 2.87. The number of nitrogens with zero attached hydrogens (tertiary/aromatic N) is 3. The monoisotopic (exact) mass is 482 g/mol. The zero-order valence-corrected chi connectivity index (χ0v) is 17.5. The number of carbonyl (C=O) groups excluding carboxylic acids is 2. The molecule has 1 N–H and O–H groups in total. The van der Waals surface area contributed by atoms with Crippen LogP contribution in [-0.4, -0.2) is 51.9 Å². The largest absolute Gasteiger partial charge is 0.491 e. The van der Waals surface area contributed by atoms with E-state index in [1.807, 2.05) is 12.1 Å². The first-order valence-corrected chi connectivity index (χ1v) is 10.5. The van der Waals surface area contributed by atoms with Crippen molar-refractivity contribution in [3.8, 4) is 0 Å². The number of carbonyl (C=O) groups is 2. The van der Waals surface area contributed by atoms with Gasteiger partial charge in [0, 0.05) is 29.8 Å². The van der Waals surface area contributed by atoms with Crippen molar-refractivity contribution in [2.75, 3.05) is 18.0 Å². The van der Waals surface area contributed by atoms with Crippen molar-refractivity contribution in [1.82, 2.24) is 15.4 Å². The zero-order chi connectivity index (χ0) is 21.9. The third kappa shape index (κ3) is 5.58. The van der Waals surface area contributed by atoms with Gasteiger partial charge in [0.05, 0.1) is 10.0 Å². The Morgan fingerprint density at radius 2 is 1.90 bits per heavy atom. The number of aromatic amines is 1. The van der Waals surface area contributed by atoms with Crippen molar-refractivity contribution in [3.63, 3.8) is 0 Å². The molecule has 162 valence electrons. The van der Waals surface area contributed by atoms with Gasteiger partial charge in [-0.15, -0.1) is 5.10 Å². The Kier molecular flexibility index (Phi) is 7.14. The van der Waals surface area contributed by atoms with E-state index in [2.05, 4.69) is 25.0 Å². The molecule has 13 heteroatoms. The van der Waals surface area contributed by atoms with Gasteiger partial charge in [-0.1, -0.05) is 23.2 Å². The van der Waals surface area contributed by atoms with Gasteiger partial charge in [0.15, 0.2) is 5.69 Å². The zero-order valence-electron chi connectivity index (χ0n) is 15.2. The molecule has 2 heterocycles. The van der Waals surface area contributed by atoms with E-state index >= 15 is 0 Å². The minimum absolute atomic E-state index is 0.131. The molecule has 30 heavy (non-hydrogen) atoms. The minimum Gasteiger partial charge on any atom is -0.381 e. The van der Waals surface area contributed by atoms with Gasteiger partial charge in [0.2, 0.25) is 0 Å². The Morgan fingerprint density at radius 1 is 1.20 bits per heavy atom. The molecular formula is C17H15Cl2F3N4O3S. The van der Waals surface area contributed by atoms with Gasteiger partial charge < -0.3 is 9.64 Å².